The Kier molecular flexibility index (Phi) is 4.00. The van der Waals surface area contributed by atoms with E-state index in [9.17, 15) is 0 Å². The summed E-state index contributed by atoms with van der Waals surface area (Å²) in [5.74, 6) is 0. The van der Waals surface area contributed by atoms with E-state index in [1.54, 1.807) is 0 Å². The molecule has 2 nitrogen and oxygen atoms in total. The first kappa shape index (κ1) is 14.2. The summed E-state index contributed by atoms with van der Waals surface area (Å²) >= 11 is 6.40. The zero-order valence-electron chi connectivity index (χ0n) is 12.4. The van der Waals surface area contributed by atoms with E-state index >= 15 is 0 Å². The van der Waals surface area contributed by atoms with Crippen molar-refractivity contribution in [2.45, 2.75) is 20.0 Å². The van der Waals surface area contributed by atoms with Crippen LogP contribution in [0.3, 0.4) is 0 Å². The minimum atomic E-state index is 0.795. The minimum Gasteiger partial charge on any atom is -0.339 e. The highest BCUT2D eigenvalue weighted by atomic mass is 35.5. The number of halogens is 1. The number of para-hydroxylation sites is 1. The van der Waals surface area contributed by atoms with Gasteiger partial charge in [-0.1, -0.05) is 41.9 Å². The first-order chi connectivity index (χ1) is 10.2. The van der Waals surface area contributed by atoms with Crippen LogP contribution in [-0.4, -0.2) is 11.6 Å². The Morgan fingerprint density at radius 3 is 2.67 bits per heavy atom. The van der Waals surface area contributed by atoms with E-state index in [1.807, 2.05) is 13.1 Å². The van der Waals surface area contributed by atoms with Crippen molar-refractivity contribution in [3.63, 3.8) is 0 Å². The summed E-state index contributed by atoms with van der Waals surface area (Å²) in [6.45, 7) is 3.70. The van der Waals surface area contributed by atoms with Gasteiger partial charge in [0.15, 0.2) is 0 Å². The van der Waals surface area contributed by atoms with Crippen LogP contribution in [0.15, 0.2) is 48.5 Å². The lowest BCUT2D eigenvalue weighted by atomic mass is 10.1. The Morgan fingerprint density at radius 2 is 1.90 bits per heavy atom. The largest absolute Gasteiger partial charge is 0.339 e. The molecule has 2 aromatic carbocycles. The monoisotopic (exact) mass is 298 g/mol. The Morgan fingerprint density at radius 1 is 1.10 bits per heavy atom. The van der Waals surface area contributed by atoms with Crippen molar-refractivity contribution >= 4 is 22.5 Å². The normalized spacial score (nSPS) is 11.2. The molecule has 0 saturated heterocycles. The molecule has 0 radical (unpaired) electrons. The molecule has 3 rings (SSSR count). The van der Waals surface area contributed by atoms with Gasteiger partial charge >= 0.3 is 0 Å². The summed E-state index contributed by atoms with van der Waals surface area (Å²) in [6, 6.07) is 17.0. The van der Waals surface area contributed by atoms with Gasteiger partial charge in [0, 0.05) is 29.3 Å². The summed E-state index contributed by atoms with van der Waals surface area (Å²) in [6.07, 6.45) is 0. The van der Waals surface area contributed by atoms with Crippen molar-refractivity contribution in [3.05, 3.63) is 70.4 Å². The van der Waals surface area contributed by atoms with Crippen LogP contribution in [0.1, 0.15) is 16.8 Å². The smallest absolute Gasteiger partial charge is 0.0494 e. The molecule has 0 amide bonds. The maximum atomic E-state index is 6.40. The van der Waals surface area contributed by atoms with Crippen molar-refractivity contribution < 1.29 is 0 Å². The summed E-state index contributed by atoms with van der Waals surface area (Å²) < 4.78 is 2.34. The lowest BCUT2D eigenvalue weighted by molar-refractivity contribution is 0.709. The molecule has 0 aliphatic carbocycles. The predicted octanol–water partition coefficient (Wildman–Crippen LogP) is 4.37. The predicted molar refractivity (Wildman–Crippen MR) is 90.0 cm³/mol. The summed E-state index contributed by atoms with van der Waals surface area (Å²) in [5.41, 5.74) is 4.87. The summed E-state index contributed by atoms with van der Waals surface area (Å²) in [7, 11) is 1.97. The van der Waals surface area contributed by atoms with Gasteiger partial charge < -0.3 is 9.88 Å². The van der Waals surface area contributed by atoms with E-state index in [0.717, 1.165) is 23.7 Å². The van der Waals surface area contributed by atoms with Crippen LogP contribution < -0.4 is 5.32 Å². The Bertz CT molecular complexity index is 774. The number of fused-ring (bicyclic) bond motifs is 1. The van der Waals surface area contributed by atoms with E-state index in [2.05, 4.69) is 59.3 Å². The van der Waals surface area contributed by atoms with Crippen LogP contribution in [0.4, 0.5) is 0 Å². The Labute approximate surface area is 130 Å². The van der Waals surface area contributed by atoms with Gasteiger partial charge in [0.25, 0.3) is 0 Å². The third-order valence-electron chi connectivity index (χ3n) is 3.79. The zero-order valence-corrected chi connectivity index (χ0v) is 13.1. The van der Waals surface area contributed by atoms with Gasteiger partial charge in [-0.25, -0.2) is 0 Å². The number of hydrogen-bond donors (Lipinski definition) is 1. The average molecular weight is 299 g/mol. The molecule has 0 atom stereocenters. The molecule has 0 fully saturated rings. The third kappa shape index (κ3) is 2.82. The quantitative estimate of drug-likeness (QED) is 0.757. The molecule has 1 heterocycles. The molecular weight excluding hydrogens is 280 g/mol. The molecule has 0 aliphatic rings. The first-order valence-electron chi connectivity index (χ1n) is 7.16. The zero-order chi connectivity index (χ0) is 14.8. The topological polar surface area (TPSA) is 17.0 Å². The van der Waals surface area contributed by atoms with E-state index in [1.165, 1.54) is 22.2 Å². The van der Waals surface area contributed by atoms with E-state index in [4.69, 9.17) is 11.6 Å². The van der Waals surface area contributed by atoms with Gasteiger partial charge in [0.1, 0.15) is 0 Å². The number of benzene rings is 2. The lowest BCUT2D eigenvalue weighted by Gasteiger charge is -2.12. The minimum absolute atomic E-state index is 0.795. The van der Waals surface area contributed by atoms with Crippen molar-refractivity contribution in [2.24, 2.45) is 0 Å². The number of aromatic nitrogens is 1. The second-order valence-corrected chi connectivity index (χ2v) is 5.81. The Balaban J connectivity index is 2.07. The van der Waals surface area contributed by atoms with Gasteiger partial charge in [-0.3, -0.25) is 0 Å². The summed E-state index contributed by atoms with van der Waals surface area (Å²) in [4.78, 5) is 0. The molecule has 1 aromatic heterocycles. The molecule has 3 aromatic rings. The fourth-order valence-electron chi connectivity index (χ4n) is 2.73. The highest BCUT2D eigenvalue weighted by molar-refractivity contribution is 6.31. The maximum Gasteiger partial charge on any atom is 0.0494 e. The second kappa shape index (κ2) is 5.92. The highest BCUT2D eigenvalue weighted by Crippen LogP contribution is 2.24. The van der Waals surface area contributed by atoms with Gasteiger partial charge in [0.2, 0.25) is 0 Å². The van der Waals surface area contributed by atoms with E-state index in [0.29, 0.717) is 0 Å². The van der Waals surface area contributed by atoms with Crippen molar-refractivity contribution in [1.29, 1.82) is 0 Å². The van der Waals surface area contributed by atoms with Crippen molar-refractivity contribution in [1.82, 2.24) is 9.88 Å². The van der Waals surface area contributed by atoms with Crippen LogP contribution >= 0.6 is 11.6 Å². The van der Waals surface area contributed by atoms with Crippen LogP contribution in [0.2, 0.25) is 5.02 Å². The molecule has 0 saturated carbocycles. The number of nitrogens with zero attached hydrogens (tertiary/aromatic N) is 1. The molecule has 0 spiro atoms. The molecular formula is C18H19ClN2. The van der Waals surface area contributed by atoms with Crippen LogP contribution in [0.5, 0.6) is 0 Å². The number of hydrogen-bond acceptors (Lipinski definition) is 1. The Hall–Kier alpha value is -1.77. The van der Waals surface area contributed by atoms with Crippen molar-refractivity contribution in [3.8, 4) is 0 Å². The molecule has 0 unspecified atom stereocenters. The number of aryl methyl sites for hydroxylation is 1. The first-order valence-corrected chi connectivity index (χ1v) is 7.53. The molecule has 3 heteroatoms. The van der Waals surface area contributed by atoms with Crippen LogP contribution in [0, 0.1) is 6.92 Å². The lowest BCUT2D eigenvalue weighted by Crippen LogP contribution is -2.12. The van der Waals surface area contributed by atoms with Gasteiger partial charge in [-0.2, -0.15) is 0 Å². The molecule has 0 aliphatic heterocycles. The summed E-state index contributed by atoms with van der Waals surface area (Å²) in [5, 5.41) is 5.35. The highest BCUT2D eigenvalue weighted by Gasteiger charge is 2.10. The fourth-order valence-corrected chi connectivity index (χ4v) is 3.03. The standard InChI is InChI=1S/C18H19ClN2/c1-13-7-8-15(17(19)9-13)12-21-16(11-20-2)10-14-5-3-4-6-18(14)21/h3-10,20H,11-12H2,1-2H3. The van der Waals surface area contributed by atoms with Gasteiger partial charge in [-0.05, 0) is 48.7 Å². The number of rotatable bonds is 4. The number of nitrogens with one attached hydrogen (secondary N) is 1. The second-order valence-electron chi connectivity index (χ2n) is 5.41. The fraction of sp³-hybridized carbons (Fsp3) is 0.222. The van der Waals surface area contributed by atoms with Crippen molar-refractivity contribution in [2.75, 3.05) is 7.05 Å². The molecule has 0 bridgehead atoms. The van der Waals surface area contributed by atoms with Gasteiger partial charge in [-0.15, -0.1) is 0 Å². The van der Waals surface area contributed by atoms with E-state index < -0.39 is 0 Å². The van der Waals surface area contributed by atoms with Crippen LogP contribution in [0.25, 0.3) is 10.9 Å². The average Bonchev–Trinajstić information content (AvgIpc) is 2.80. The molecule has 1 N–H and O–H groups in total. The molecule has 108 valence electrons. The third-order valence-corrected chi connectivity index (χ3v) is 4.14. The van der Waals surface area contributed by atoms with E-state index in [-0.39, 0.29) is 0 Å². The SMILES string of the molecule is CNCc1cc2ccccc2n1Cc1ccc(C)cc1Cl. The van der Waals surface area contributed by atoms with Gasteiger partial charge in [0.05, 0.1) is 0 Å². The molecule has 21 heavy (non-hydrogen) atoms. The van der Waals surface area contributed by atoms with Crippen LogP contribution in [-0.2, 0) is 13.1 Å². The maximum absolute atomic E-state index is 6.40.